The quantitative estimate of drug-likeness (QED) is 0.690. The fourth-order valence-electron chi connectivity index (χ4n) is 2.22. The highest BCUT2D eigenvalue weighted by Crippen LogP contribution is 2.33. The SMILES string of the molecule is CCOc1cc2ccccc2cc1-c1ccccn1. The Morgan fingerprint density at radius 2 is 1.68 bits per heavy atom. The van der Waals surface area contributed by atoms with Gasteiger partial charge in [-0.25, -0.2) is 0 Å². The van der Waals surface area contributed by atoms with Gasteiger partial charge in [0.05, 0.1) is 12.3 Å². The van der Waals surface area contributed by atoms with Crippen LogP contribution in [0, 0.1) is 0 Å². The van der Waals surface area contributed by atoms with Gasteiger partial charge >= 0.3 is 0 Å². The van der Waals surface area contributed by atoms with Crippen LogP contribution in [0.15, 0.2) is 60.8 Å². The zero-order valence-corrected chi connectivity index (χ0v) is 10.8. The second kappa shape index (κ2) is 5.11. The molecule has 3 rings (SSSR count). The van der Waals surface area contributed by atoms with Gasteiger partial charge in [-0.2, -0.15) is 0 Å². The summed E-state index contributed by atoms with van der Waals surface area (Å²) < 4.78 is 5.76. The molecule has 3 aromatic rings. The van der Waals surface area contributed by atoms with E-state index < -0.39 is 0 Å². The Balaban J connectivity index is 2.23. The molecule has 2 aromatic carbocycles. The predicted molar refractivity (Wildman–Crippen MR) is 78.3 cm³/mol. The van der Waals surface area contributed by atoms with E-state index in [4.69, 9.17) is 4.74 Å². The molecule has 0 aliphatic heterocycles. The molecule has 1 aromatic heterocycles. The summed E-state index contributed by atoms with van der Waals surface area (Å²) in [5.41, 5.74) is 1.98. The number of rotatable bonds is 3. The predicted octanol–water partition coefficient (Wildman–Crippen LogP) is 4.30. The van der Waals surface area contributed by atoms with Gasteiger partial charge in [0.25, 0.3) is 0 Å². The number of aromatic nitrogens is 1. The van der Waals surface area contributed by atoms with Crippen molar-refractivity contribution in [3.8, 4) is 17.0 Å². The molecule has 1 heterocycles. The molecular formula is C17H15NO. The van der Waals surface area contributed by atoms with Crippen LogP contribution in [-0.4, -0.2) is 11.6 Å². The van der Waals surface area contributed by atoms with Gasteiger partial charge in [-0.3, -0.25) is 4.98 Å². The van der Waals surface area contributed by atoms with Crippen LogP contribution >= 0.6 is 0 Å². The van der Waals surface area contributed by atoms with E-state index >= 15 is 0 Å². The summed E-state index contributed by atoms with van der Waals surface area (Å²) in [7, 11) is 0. The minimum absolute atomic E-state index is 0.651. The fraction of sp³-hybridized carbons (Fsp3) is 0.118. The van der Waals surface area contributed by atoms with Crippen molar-refractivity contribution in [2.24, 2.45) is 0 Å². The molecule has 0 atom stereocenters. The minimum Gasteiger partial charge on any atom is -0.493 e. The van der Waals surface area contributed by atoms with Crippen molar-refractivity contribution < 1.29 is 4.74 Å². The van der Waals surface area contributed by atoms with Crippen molar-refractivity contribution in [1.29, 1.82) is 0 Å². The number of hydrogen-bond acceptors (Lipinski definition) is 2. The number of pyridine rings is 1. The summed E-state index contributed by atoms with van der Waals surface area (Å²) in [6.45, 7) is 2.65. The average Bonchev–Trinajstić information content (AvgIpc) is 2.48. The Kier molecular flexibility index (Phi) is 3.15. The first-order valence-corrected chi connectivity index (χ1v) is 6.45. The molecular weight excluding hydrogens is 234 g/mol. The largest absolute Gasteiger partial charge is 0.493 e. The molecule has 2 nitrogen and oxygen atoms in total. The summed E-state index contributed by atoms with van der Waals surface area (Å²) in [6.07, 6.45) is 1.81. The van der Waals surface area contributed by atoms with Crippen LogP contribution in [0.3, 0.4) is 0 Å². The highest BCUT2D eigenvalue weighted by atomic mass is 16.5. The van der Waals surface area contributed by atoms with Gasteiger partial charge in [0.2, 0.25) is 0 Å². The first-order valence-electron chi connectivity index (χ1n) is 6.45. The lowest BCUT2D eigenvalue weighted by molar-refractivity contribution is 0.342. The molecule has 19 heavy (non-hydrogen) atoms. The number of hydrogen-bond donors (Lipinski definition) is 0. The Morgan fingerprint density at radius 3 is 2.37 bits per heavy atom. The van der Waals surface area contributed by atoms with Crippen molar-refractivity contribution in [3.63, 3.8) is 0 Å². The first-order chi connectivity index (χ1) is 9.38. The molecule has 0 unspecified atom stereocenters. The smallest absolute Gasteiger partial charge is 0.129 e. The van der Waals surface area contributed by atoms with Crippen molar-refractivity contribution in [1.82, 2.24) is 4.98 Å². The van der Waals surface area contributed by atoms with E-state index in [1.54, 1.807) is 6.20 Å². The second-order valence-electron chi connectivity index (χ2n) is 4.34. The van der Waals surface area contributed by atoms with Crippen molar-refractivity contribution in [2.45, 2.75) is 6.92 Å². The Labute approximate surface area is 112 Å². The van der Waals surface area contributed by atoms with Crippen LogP contribution in [0.4, 0.5) is 0 Å². The van der Waals surface area contributed by atoms with Crippen molar-refractivity contribution in [3.05, 3.63) is 60.8 Å². The maximum atomic E-state index is 5.76. The zero-order valence-electron chi connectivity index (χ0n) is 10.8. The van der Waals surface area contributed by atoms with E-state index in [9.17, 15) is 0 Å². The third-order valence-electron chi connectivity index (χ3n) is 3.09. The van der Waals surface area contributed by atoms with Crippen LogP contribution in [0.1, 0.15) is 6.92 Å². The second-order valence-corrected chi connectivity index (χ2v) is 4.34. The highest BCUT2D eigenvalue weighted by Gasteiger charge is 2.08. The van der Waals surface area contributed by atoms with Gasteiger partial charge in [-0.05, 0) is 42.0 Å². The summed E-state index contributed by atoms with van der Waals surface area (Å²) in [6, 6.07) is 18.4. The number of ether oxygens (including phenoxy) is 1. The Hall–Kier alpha value is -2.35. The lowest BCUT2D eigenvalue weighted by atomic mass is 10.0. The van der Waals surface area contributed by atoms with Gasteiger partial charge < -0.3 is 4.74 Å². The van der Waals surface area contributed by atoms with Crippen LogP contribution in [-0.2, 0) is 0 Å². The number of nitrogens with zero attached hydrogens (tertiary/aromatic N) is 1. The third kappa shape index (κ3) is 2.29. The number of fused-ring (bicyclic) bond motifs is 1. The van der Waals surface area contributed by atoms with E-state index in [2.05, 4.69) is 29.2 Å². The molecule has 0 amide bonds. The zero-order chi connectivity index (χ0) is 13.1. The molecule has 0 fully saturated rings. The van der Waals surface area contributed by atoms with Crippen LogP contribution in [0.2, 0.25) is 0 Å². The van der Waals surface area contributed by atoms with Gasteiger partial charge in [0, 0.05) is 11.8 Å². The van der Waals surface area contributed by atoms with Gasteiger partial charge in [-0.15, -0.1) is 0 Å². The van der Waals surface area contributed by atoms with Crippen LogP contribution in [0.25, 0.3) is 22.0 Å². The first kappa shape index (κ1) is 11.7. The lowest BCUT2D eigenvalue weighted by Crippen LogP contribution is -1.95. The van der Waals surface area contributed by atoms with E-state index in [0.29, 0.717) is 6.61 Å². The maximum absolute atomic E-state index is 5.76. The molecule has 94 valence electrons. The normalized spacial score (nSPS) is 10.6. The Morgan fingerprint density at radius 1 is 0.947 bits per heavy atom. The third-order valence-corrected chi connectivity index (χ3v) is 3.09. The van der Waals surface area contributed by atoms with E-state index in [-0.39, 0.29) is 0 Å². The molecule has 0 spiro atoms. The van der Waals surface area contributed by atoms with Crippen LogP contribution in [0.5, 0.6) is 5.75 Å². The van der Waals surface area contributed by atoms with E-state index in [1.165, 1.54) is 10.8 Å². The molecule has 0 saturated heterocycles. The summed E-state index contributed by atoms with van der Waals surface area (Å²) >= 11 is 0. The van der Waals surface area contributed by atoms with Crippen LogP contribution < -0.4 is 4.74 Å². The minimum atomic E-state index is 0.651. The van der Waals surface area contributed by atoms with Gasteiger partial charge in [0.15, 0.2) is 0 Å². The topological polar surface area (TPSA) is 22.1 Å². The van der Waals surface area contributed by atoms with Gasteiger partial charge in [-0.1, -0.05) is 30.3 Å². The molecule has 0 saturated carbocycles. The number of benzene rings is 2. The monoisotopic (exact) mass is 249 g/mol. The van der Waals surface area contributed by atoms with E-state index in [1.807, 2.05) is 37.3 Å². The van der Waals surface area contributed by atoms with Gasteiger partial charge in [0.1, 0.15) is 5.75 Å². The lowest BCUT2D eigenvalue weighted by Gasteiger charge is -2.11. The fourth-order valence-corrected chi connectivity index (χ4v) is 2.22. The summed E-state index contributed by atoms with van der Waals surface area (Å²) in [5.74, 6) is 0.889. The molecule has 0 aliphatic rings. The molecule has 0 aliphatic carbocycles. The standard InChI is InChI=1S/C17H15NO/c1-2-19-17-12-14-8-4-3-7-13(14)11-15(17)16-9-5-6-10-18-16/h3-12H,2H2,1H3. The molecule has 0 bridgehead atoms. The van der Waals surface area contributed by atoms with E-state index in [0.717, 1.165) is 17.0 Å². The maximum Gasteiger partial charge on any atom is 0.129 e. The average molecular weight is 249 g/mol. The summed E-state index contributed by atoms with van der Waals surface area (Å²) in [4.78, 5) is 4.42. The summed E-state index contributed by atoms with van der Waals surface area (Å²) in [5, 5.41) is 2.39. The van der Waals surface area contributed by atoms with Crippen molar-refractivity contribution in [2.75, 3.05) is 6.61 Å². The molecule has 2 heteroatoms. The highest BCUT2D eigenvalue weighted by molar-refractivity contribution is 5.90. The van der Waals surface area contributed by atoms with Crippen molar-refractivity contribution >= 4 is 10.8 Å². The molecule has 0 N–H and O–H groups in total. The molecule has 0 radical (unpaired) electrons. The Bertz CT molecular complexity index is 692.